The number of esters is 1. The average molecular weight is 471 g/mol. The summed E-state index contributed by atoms with van der Waals surface area (Å²) in [5, 5.41) is 11.1. The van der Waals surface area contributed by atoms with Crippen LogP contribution in [0.3, 0.4) is 0 Å². The number of urea groups is 1. The zero-order valence-electron chi connectivity index (χ0n) is 18.0. The SMILES string of the molecule is CCOC(=O)c1c(NC(=O)NCc2c(-n3cccc3)sc3c2CCNC3)sc2c1CCC2. The third kappa shape index (κ3) is 3.96. The van der Waals surface area contributed by atoms with E-state index in [1.54, 1.807) is 18.3 Å². The van der Waals surface area contributed by atoms with Crippen molar-refractivity contribution >= 4 is 39.7 Å². The summed E-state index contributed by atoms with van der Waals surface area (Å²) in [6, 6.07) is 3.71. The van der Waals surface area contributed by atoms with Crippen LogP contribution >= 0.6 is 22.7 Å². The van der Waals surface area contributed by atoms with Crippen molar-refractivity contribution in [2.75, 3.05) is 18.5 Å². The van der Waals surface area contributed by atoms with E-state index >= 15 is 0 Å². The molecule has 0 saturated carbocycles. The van der Waals surface area contributed by atoms with Crippen molar-refractivity contribution in [3.05, 3.63) is 56.5 Å². The lowest BCUT2D eigenvalue weighted by Crippen LogP contribution is -2.30. The van der Waals surface area contributed by atoms with Crippen LogP contribution < -0.4 is 16.0 Å². The highest BCUT2D eigenvalue weighted by atomic mass is 32.1. The first-order valence-electron chi connectivity index (χ1n) is 11.0. The number of thiophene rings is 2. The number of carbonyl (C=O) groups excluding carboxylic acids is 2. The highest BCUT2D eigenvalue weighted by Crippen LogP contribution is 2.39. The molecule has 2 aliphatic rings. The normalized spacial score (nSPS) is 14.7. The van der Waals surface area contributed by atoms with Crippen LogP contribution in [-0.4, -0.2) is 29.7 Å². The molecule has 0 spiro atoms. The van der Waals surface area contributed by atoms with Gasteiger partial charge in [0.15, 0.2) is 0 Å². The summed E-state index contributed by atoms with van der Waals surface area (Å²) in [5.41, 5.74) is 4.07. The van der Waals surface area contributed by atoms with Gasteiger partial charge in [0.1, 0.15) is 10.0 Å². The fourth-order valence-electron chi connectivity index (χ4n) is 4.47. The molecule has 2 amide bonds. The van der Waals surface area contributed by atoms with E-state index in [0.717, 1.165) is 54.9 Å². The van der Waals surface area contributed by atoms with Crippen LogP contribution in [-0.2, 0) is 37.1 Å². The highest BCUT2D eigenvalue weighted by Gasteiger charge is 2.28. The molecule has 32 heavy (non-hydrogen) atoms. The molecule has 9 heteroatoms. The van der Waals surface area contributed by atoms with Gasteiger partial charge in [-0.1, -0.05) is 0 Å². The Kier molecular flexibility index (Phi) is 6.03. The Morgan fingerprint density at radius 2 is 1.97 bits per heavy atom. The number of carbonyl (C=O) groups is 2. The van der Waals surface area contributed by atoms with Crippen molar-refractivity contribution in [1.82, 2.24) is 15.2 Å². The van der Waals surface area contributed by atoms with E-state index in [2.05, 4.69) is 20.5 Å². The number of fused-ring (bicyclic) bond motifs is 2. The van der Waals surface area contributed by atoms with Crippen molar-refractivity contribution < 1.29 is 14.3 Å². The van der Waals surface area contributed by atoms with E-state index in [9.17, 15) is 9.59 Å². The molecule has 0 bridgehead atoms. The summed E-state index contributed by atoms with van der Waals surface area (Å²) in [6.07, 6.45) is 7.88. The average Bonchev–Trinajstić information content (AvgIpc) is 3.55. The van der Waals surface area contributed by atoms with Crippen LogP contribution in [0.5, 0.6) is 0 Å². The van der Waals surface area contributed by atoms with Gasteiger partial charge in [0, 0.05) is 40.8 Å². The molecule has 0 radical (unpaired) electrons. The molecule has 1 aliphatic carbocycles. The van der Waals surface area contributed by atoms with Gasteiger partial charge in [0.25, 0.3) is 0 Å². The zero-order chi connectivity index (χ0) is 22.1. The van der Waals surface area contributed by atoms with Gasteiger partial charge in [-0.05, 0) is 62.4 Å². The Bertz CT molecular complexity index is 1150. The van der Waals surface area contributed by atoms with Crippen LogP contribution in [0.15, 0.2) is 24.5 Å². The number of nitrogens with zero attached hydrogens (tertiary/aromatic N) is 1. The molecule has 5 rings (SSSR count). The summed E-state index contributed by atoms with van der Waals surface area (Å²) in [5.74, 6) is -0.350. The first-order valence-corrected chi connectivity index (χ1v) is 12.6. The maximum Gasteiger partial charge on any atom is 0.341 e. The van der Waals surface area contributed by atoms with Crippen LogP contribution in [0, 0.1) is 0 Å². The van der Waals surface area contributed by atoms with Crippen molar-refractivity contribution in [1.29, 1.82) is 0 Å². The molecule has 0 saturated heterocycles. The Labute approximate surface area is 194 Å². The Hall–Kier alpha value is -2.62. The second kappa shape index (κ2) is 9.09. The minimum Gasteiger partial charge on any atom is -0.462 e. The lowest BCUT2D eigenvalue weighted by molar-refractivity contribution is 0.0527. The number of rotatable bonds is 6. The topological polar surface area (TPSA) is 84.4 Å². The van der Waals surface area contributed by atoms with Gasteiger partial charge >= 0.3 is 12.0 Å². The molecule has 0 atom stereocenters. The Balaban J connectivity index is 1.35. The van der Waals surface area contributed by atoms with Crippen molar-refractivity contribution in [3.8, 4) is 5.00 Å². The third-order valence-corrected chi connectivity index (χ3v) is 8.40. The molecule has 0 aromatic carbocycles. The summed E-state index contributed by atoms with van der Waals surface area (Å²) in [7, 11) is 0. The van der Waals surface area contributed by atoms with Crippen LogP contribution in [0.25, 0.3) is 5.00 Å². The number of anilines is 1. The van der Waals surface area contributed by atoms with Crippen molar-refractivity contribution in [3.63, 3.8) is 0 Å². The first-order chi connectivity index (χ1) is 15.7. The van der Waals surface area contributed by atoms with E-state index < -0.39 is 0 Å². The van der Waals surface area contributed by atoms with Crippen LogP contribution in [0.4, 0.5) is 9.80 Å². The quantitative estimate of drug-likeness (QED) is 0.471. The molecular weight excluding hydrogens is 444 g/mol. The molecule has 3 N–H and O–H groups in total. The van der Waals surface area contributed by atoms with Crippen molar-refractivity contribution in [2.45, 2.75) is 45.7 Å². The number of ether oxygens (including phenoxy) is 1. The maximum absolute atomic E-state index is 12.8. The maximum atomic E-state index is 12.8. The van der Waals surface area contributed by atoms with E-state index in [1.165, 1.54) is 26.7 Å². The zero-order valence-corrected chi connectivity index (χ0v) is 19.6. The lowest BCUT2D eigenvalue weighted by atomic mass is 10.0. The molecule has 3 aromatic heterocycles. The van der Waals surface area contributed by atoms with Crippen molar-refractivity contribution in [2.24, 2.45) is 0 Å². The largest absolute Gasteiger partial charge is 0.462 e. The number of nitrogens with one attached hydrogen (secondary N) is 3. The number of hydrogen-bond acceptors (Lipinski definition) is 6. The predicted octanol–water partition coefficient (Wildman–Crippen LogP) is 4.23. The van der Waals surface area contributed by atoms with E-state index in [0.29, 0.717) is 23.7 Å². The van der Waals surface area contributed by atoms with Gasteiger partial charge in [-0.25, -0.2) is 9.59 Å². The summed E-state index contributed by atoms with van der Waals surface area (Å²) < 4.78 is 7.37. The van der Waals surface area contributed by atoms with Gasteiger partial charge in [-0.3, -0.25) is 5.32 Å². The highest BCUT2D eigenvalue weighted by molar-refractivity contribution is 7.17. The molecule has 7 nitrogen and oxygen atoms in total. The molecule has 1 aliphatic heterocycles. The lowest BCUT2D eigenvalue weighted by Gasteiger charge is -2.15. The molecular formula is C23H26N4O3S2. The smallest absolute Gasteiger partial charge is 0.341 e. The summed E-state index contributed by atoms with van der Waals surface area (Å²) in [4.78, 5) is 27.9. The number of aryl methyl sites for hydroxylation is 1. The van der Waals surface area contributed by atoms with E-state index in [-0.39, 0.29) is 12.0 Å². The summed E-state index contributed by atoms with van der Waals surface area (Å²) >= 11 is 3.27. The van der Waals surface area contributed by atoms with Gasteiger partial charge in [0.2, 0.25) is 0 Å². The van der Waals surface area contributed by atoms with Crippen LogP contribution in [0.1, 0.15) is 50.1 Å². The molecule has 0 unspecified atom stereocenters. The van der Waals surface area contributed by atoms with Gasteiger partial charge in [-0.2, -0.15) is 0 Å². The van der Waals surface area contributed by atoms with Gasteiger partial charge in [0.05, 0.1) is 12.2 Å². The van der Waals surface area contributed by atoms with Gasteiger partial charge < -0.3 is 19.9 Å². The molecule has 4 heterocycles. The van der Waals surface area contributed by atoms with E-state index in [4.69, 9.17) is 4.74 Å². The second-order valence-corrected chi connectivity index (χ2v) is 10.1. The molecule has 3 aromatic rings. The first kappa shape index (κ1) is 21.2. The number of aromatic nitrogens is 1. The van der Waals surface area contributed by atoms with Crippen LogP contribution in [0.2, 0.25) is 0 Å². The molecule has 168 valence electrons. The van der Waals surface area contributed by atoms with Gasteiger partial charge in [-0.15, -0.1) is 22.7 Å². The minimum absolute atomic E-state index is 0.303. The van der Waals surface area contributed by atoms with E-state index in [1.807, 2.05) is 24.5 Å². The number of hydrogen-bond donors (Lipinski definition) is 3. The predicted molar refractivity (Wildman–Crippen MR) is 127 cm³/mol. The molecule has 0 fully saturated rings. The summed E-state index contributed by atoms with van der Waals surface area (Å²) in [6.45, 7) is 4.35. The fraction of sp³-hybridized carbons (Fsp3) is 0.391. The fourth-order valence-corrected chi connectivity index (χ4v) is 7.05. The third-order valence-electron chi connectivity index (χ3n) is 5.91. The Morgan fingerprint density at radius 3 is 2.78 bits per heavy atom. The second-order valence-electron chi connectivity index (χ2n) is 7.89. The Morgan fingerprint density at radius 1 is 1.12 bits per heavy atom. The minimum atomic E-state index is -0.350. The monoisotopic (exact) mass is 470 g/mol. The number of amides is 2. The standard InChI is InChI=1S/C23H26N4O3S2/c1-2-30-22(28)19-15-6-5-7-17(15)31-20(19)26-23(29)25-12-16-14-8-9-24-13-18(14)32-21(16)27-10-3-4-11-27/h3-4,10-11,24H,2,5-9,12-13H2,1H3,(H2,25,26,29).